The number of hydrogen-bond acceptors (Lipinski definition) is 0. The van der Waals surface area contributed by atoms with E-state index in [2.05, 4.69) is 6.92 Å². The molecule has 3 aliphatic carbocycles. The number of quaternary nitrogens is 1. The van der Waals surface area contributed by atoms with Crippen molar-refractivity contribution in [2.24, 2.45) is 0 Å². The largest absolute Gasteiger partial charge is 1.00 e. The van der Waals surface area contributed by atoms with Crippen LogP contribution in [-0.4, -0.2) is 29.2 Å². The van der Waals surface area contributed by atoms with Crippen LogP contribution in [0.2, 0.25) is 0 Å². The standard InChI is InChI=1S/C20H38N.BrH/c1-2-21(18-12-6-3-7-13-18,19-14-8-4-9-15-19)20-16-10-5-11-17-20;/h18-20H,2-17H2,1H3;1H/q+1;/p-1. The molecule has 3 aliphatic rings. The van der Waals surface area contributed by atoms with E-state index in [-0.39, 0.29) is 17.0 Å². The summed E-state index contributed by atoms with van der Waals surface area (Å²) >= 11 is 0. The van der Waals surface area contributed by atoms with Crippen LogP contribution in [-0.2, 0) is 0 Å². The maximum Gasteiger partial charge on any atom is 0.0894 e. The first-order valence-electron chi connectivity index (χ1n) is 10.2. The van der Waals surface area contributed by atoms with Crippen molar-refractivity contribution < 1.29 is 21.5 Å². The van der Waals surface area contributed by atoms with Crippen LogP contribution in [0, 0.1) is 0 Å². The summed E-state index contributed by atoms with van der Waals surface area (Å²) in [5, 5.41) is 0. The predicted molar refractivity (Wildman–Crippen MR) is 91.4 cm³/mol. The Labute approximate surface area is 149 Å². The van der Waals surface area contributed by atoms with Crippen molar-refractivity contribution in [2.75, 3.05) is 6.54 Å². The Morgan fingerprint density at radius 2 is 0.818 bits per heavy atom. The van der Waals surface area contributed by atoms with E-state index in [9.17, 15) is 0 Å². The van der Waals surface area contributed by atoms with Gasteiger partial charge in [-0.3, -0.25) is 0 Å². The molecule has 0 bridgehead atoms. The van der Waals surface area contributed by atoms with Crippen molar-refractivity contribution in [1.29, 1.82) is 0 Å². The highest BCUT2D eigenvalue weighted by Gasteiger charge is 2.48. The van der Waals surface area contributed by atoms with Gasteiger partial charge in [0.2, 0.25) is 0 Å². The lowest BCUT2D eigenvalue weighted by atomic mass is 9.80. The molecule has 0 unspecified atom stereocenters. The van der Waals surface area contributed by atoms with Crippen molar-refractivity contribution in [1.82, 2.24) is 0 Å². The van der Waals surface area contributed by atoms with Crippen LogP contribution < -0.4 is 17.0 Å². The van der Waals surface area contributed by atoms with Gasteiger partial charge in [-0.05, 0) is 84.0 Å². The van der Waals surface area contributed by atoms with E-state index in [1.807, 2.05) is 0 Å². The van der Waals surface area contributed by atoms with Crippen molar-refractivity contribution >= 4 is 0 Å². The fraction of sp³-hybridized carbons (Fsp3) is 1.00. The van der Waals surface area contributed by atoms with Gasteiger partial charge in [0.1, 0.15) is 0 Å². The van der Waals surface area contributed by atoms with Crippen LogP contribution in [0.15, 0.2) is 0 Å². The Morgan fingerprint density at radius 3 is 1.05 bits per heavy atom. The zero-order valence-electron chi connectivity index (χ0n) is 14.9. The van der Waals surface area contributed by atoms with Crippen molar-refractivity contribution in [2.45, 2.75) is 121 Å². The predicted octanol–water partition coefficient (Wildman–Crippen LogP) is 2.83. The van der Waals surface area contributed by atoms with Crippen LogP contribution in [0.25, 0.3) is 0 Å². The van der Waals surface area contributed by atoms with Gasteiger partial charge in [-0.25, -0.2) is 0 Å². The summed E-state index contributed by atoms with van der Waals surface area (Å²) in [6.45, 7) is 3.97. The van der Waals surface area contributed by atoms with E-state index in [1.54, 1.807) is 43.0 Å². The van der Waals surface area contributed by atoms with Gasteiger partial charge >= 0.3 is 0 Å². The van der Waals surface area contributed by atoms with Gasteiger partial charge in [0.05, 0.1) is 24.7 Å². The molecule has 3 fully saturated rings. The number of hydrogen-bond donors (Lipinski definition) is 0. The second kappa shape index (κ2) is 9.06. The van der Waals surface area contributed by atoms with E-state index < -0.39 is 0 Å². The molecule has 0 spiro atoms. The first-order valence-corrected chi connectivity index (χ1v) is 10.2. The molecule has 0 heterocycles. The van der Waals surface area contributed by atoms with E-state index in [1.165, 1.54) is 64.3 Å². The molecular weight excluding hydrogens is 334 g/mol. The Morgan fingerprint density at radius 1 is 0.545 bits per heavy atom. The molecule has 0 saturated heterocycles. The minimum Gasteiger partial charge on any atom is -1.00 e. The van der Waals surface area contributed by atoms with E-state index in [4.69, 9.17) is 0 Å². The van der Waals surface area contributed by atoms with Crippen LogP contribution in [0.4, 0.5) is 0 Å². The summed E-state index contributed by atoms with van der Waals surface area (Å²) in [6.07, 6.45) is 22.9. The number of nitrogens with zero attached hydrogens (tertiary/aromatic N) is 1. The van der Waals surface area contributed by atoms with Gasteiger partial charge in [0.15, 0.2) is 0 Å². The smallest absolute Gasteiger partial charge is 0.0894 e. The first-order chi connectivity index (χ1) is 10.4. The van der Waals surface area contributed by atoms with Crippen LogP contribution in [0.3, 0.4) is 0 Å². The molecule has 0 aromatic rings. The van der Waals surface area contributed by atoms with Gasteiger partial charge in [-0.15, -0.1) is 0 Å². The maximum atomic E-state index is 2.54. The van der Waals surface area contributed by atoms with Gasteiger partial charge in [0, 0.05) is 0 Å². The fourth-order valence-electron chi connectivity index (χ4n) is 6.35. The summed E-state index contributed by atoms with van der Waals surface area (Å²) in [7, 11) is 0. The Bertz CT molecular complexity index is 253. The Kier molecular flexibility index (Phi) is 7.73. The van der Waals surface area contributed by atoms with Crippen molar-refractivity contribution in [3.8, 4) is 0 Å². The second-order valence-electron chi connectivity index (χ2n) is 8.19. The fourth-order valence-corrected chi connectivity index (χ4v) is 6.35. The minimum absolute atomic E-state index is 0. The molecule has 0 aromatic heterocycles. The molecular formula is C20H38BrN. The SMILES string of the molecule is CC[N+](C1CCCCC1)(C1CCCCC1)C1CCCCC1.[Br-]. The number of halogens is 1. The van der Waals surface area contributed by atoms with Gasteiger partial charge in [-0.2, -0.15) is 0 Å². The molecule has 0 aromatic carbocycles. The zero-order chi connectivity index (χ0) is 14.5. The first kappa shape index (κ1) is 18.8. The normalized spacial score (nSPS) is 26.6. The Balaban J connectivity index is 0.00000176. The summed E-state index contributed by atoms with van der Waals surface area (Å²) in [5.41, 5.74) is 0. The Hall–Kier alpha value is 0.440. The lowest BCUT2D eigenvalue weighted by molar-refractivity contribution is -0.996. The second-order valence-corrected chi connectivity index (χ2v) is 8.19. The van der Waals surface area contributed by atoms with E-state index in [0.29, 0.717) is 0 Å². The summed E-state index contributed by atoms with van der Waals surface area (Å²) in [6, 6.07) is 3.07. The molecule has 2 heteroatoms. The molecule has 3 rings (SSSR count). The van der Waals surface area contributed by atoms with E-state index >= 15 is 0 Å². The lowest BCUT2D eigenvalue weighted by Crippen LogP contribution is -3.00. The molecule has 0 N–H and O–H groups in total. The van der Waals surface area contributed by atoms with Gasteiger partial charge in [0.25, 0.3) is 0 Å². The van der Waals surface area contributed by atoms with Crippen molar-refractivity contribution in [3.05, 3.63) is 0 Å². The maximum absolute atomic E-state index is 2.54. The molecule has 0 radical (unpaired) electrons. The van der Waals surface area contributed by atoms with Crippen LogP contribution in [0.5, 0.6) is 0 Å². The summed E-state index contributed by atoms with van der Waals surface area (Å²) in [5.74, 6) is 0. The van der Waals surface area contributed by atoms with Crippen LogP contribution in [0.1, 0.15) is 103 Å². The molecule has 1 nitrogen and oxygen atoms in total. The third-order valence-electron chi connectivity index (χ3n) is 7.31. The highest BCUT2D eigenvalue weighted by atomic mass is 79.9. The van der Waals surface area contributed by atoms with Crippen molar-refractivity contribution in [3.63, 3.8) is 0 Å². The molecule has 22 heavy (non-hydrogen) atoms. The third-order valence-corrected chi connectivity index (χ3v) is 7.31. The highest BCUT2D eigenvalue weighted by Crippen LogP contribution is 2.42. The molecule has 0 amide bonds. The quantitative estimate of drug-likeness (QED) is 0.666. The summed E-state index contributed by atoms with van der Waals surface area (Å²) in [4.78, 5) is 0. The molecule has 0 atom stereocenters. The summed E-state index contributed by atoms with van der Waals surface area (Å²) < 4.78 is 1.57. The average molecular weight is 372 g/mol. The monoisotopic (exact) mass is 371 g/mol. The lowest BCUT2D eigenvalue weighted by Gasteiger charge is -2.57. The third kappa shape index (κ3) is 3.74. The van der Waals surface area contributed by atoms with Crippen LogP contribution >= 0.6 is 0 Å². The highest BCUT2D eigenvalue weighted by molar-refractivity contribution is 4.80. The number of rotatable bonds is 4. The topological polar surface area (TPSA) is 0 Å². The van der Waals surface area contributed by atoms with Gasteiger partial charge in [-0.1, -0.05) is 19.3 Å². The molecule has 3 saturated carbocycles. The van der Waals surface area contributed by atoms with Gasteiger partial charge < -0.3 is 21.5 Å². The van der Waals surface area contributed by atoms with E-state index in [0.717, 1.165) is 18.1 Å². The average Bonchev–Trinajstić information content (AvgIpc) is 2.59. The zero-order valence-corrected chi connectivity index (χ0v) is 16.5. The molecule has 130 valence electrons. The molecule has 0 aliphatic heterocycles. The minimum atomic E-state index is 0.